The van der Waals surface area contributed by atoms with E-state index in [0.29, 0.717) is 5.02 Å². The highest BCUT2D eigenvalue weighted by atomic mass is 35.5. The third-order valence-corrected chi connectivity index (χ3v) is 3.26. The molecular weight excluding hydrogens is 345 g/mol. The van der Waals surface area contributed by atoms with Crippen LogP contribution in [0.2, 0.25) is 10.0 Å². The van der Waals surface area contributed by atoms with Crippen molar-refractivity contribution in [1.82, 2.24) is 0 Å². The normalized spacial score (nSPS) is 10.0. The van der Waals surface area contributed by atoms with Crippen LogP contribution >= 0.6 is 23.2 Å². The molecule has 0 atom stereocenters. The molecule has 23 heavy (non-hydrogen) atoms. The van der Waals surface area contributed by atoms with Gasteiger partial charge in [0.25, 0.3) is 5.69 Å². The summed E-state index contributed by atoms with van der Waals surface area (Å²) >= 11 is 11.7. The van der Waals surface area contributed by atoms with Crippen molar-refractivity contribution in [1.29, 1.82) is 0 Å². The Bertz CT molecular complexity index is 795. The average molecular weight is 354 g/mol. The molecule has 0 aliphatic rings. The van der Waals surface area contributed by atoms with Gasteiger partial charge < -0.3 is 10.6 Å². The van der Waals surface area contributed by atoms with Gasteiger partial charge >= 0.3 is 11.8 Å². The summed E-state index contributed by atoms with van der Waals surface area (Å²) in [4.78, 5) is 33.7. The van der Waals surface area contributed by atoms with Crippen LogP contribution in [0.4, 0.5) is 17.1 Å². The number of anilines is 2. The number of nitro groups is 1. The lowest BCUT2D eigenvalue weighted by Gasteiger charge is -2.08. The van der Waals surface area contributed by atoms with Crippen LogP contribution in [0.15, 0.2) is 42.5 Å². The molecule has 118 valence electrons. The van der Waals surface area contributed by atoms with E-state index in [-0.39, 0.29) is 22.1 Å². The molecule has 0 saturated carbocycles. The first kappa shape index (κ1) is 16.7. The van der Waals surface area contributed by atoms with Crippen LogP contribution in [-0.2, 0) is 9.59 Å². The predicted octanol–water partition coefficient (Wildman–Crippen LogP) is 3.48. The molecule has 7 nitrogen and oxygen atoms in total. The summed E-state index contributed by atoms with van der Waals surface area (Å²) in [5.41, 5.74) is 0.0935. The van der Waals surface area contributed by atoms with Crippen LogP contribution in [0.5, 0.6) is 0 Å². The second-order valence-electron chi connectivity index (χ2n) is 4.34. The van der Waals surface area contributed by atoms with E-state index in [1.807, 2.05) is 0 Å². The van der Waals surface area contributed by atoms with Crippen molar-refractivity contribution >= 4 is 52.1 Å². The van der Waals surface area contributed by atoms with Gasteiger partial charge in [0.2, 0.25) is 0 Å². The van der Waals surface area contributed by atoms with Crippen molar-refractivity contribution in [3.63, 3.8) is 0 Å². The number of carbonyl (C=O) groups excluding carboxylic acids is 2. The Balaban J connectivity index is 2.08. The fourth-order valence-corrected chi connectivity index (χ4v) is 1.99. The highest BCUT2D eigenvalue weighted by Crippen LogP contribution is 2.25. The van der Waals surface area contributed by atoms with Crippen LogP contribution in [-0.4, -0.2) is 16.7 Å². The highest BCUT2D eigenvalue weighted by Gasteiger charge is 2.16. The molecule has 0 unspecified atom stereocenters. The summed E-state index contributed by atoms with van der Waals surface area (Å²) in [6, 6.07) is 9.60. The molecule has 0 aliphatic carbocycles. The second kappa shape index (κ2) is 7.08. The molecule has 0 radical (unpaired) electrons. The maximum Gasteiger partial charge on any atom is 0.314 e. The average Bonchev–Trinajstić information content (AvgIpc) is 2.51. The number of halogens is 2. The van der Waals surface area contributed by atoms with Crippen LogP contribution in [0.3, 0.4) is 0 Å². The maximum absolute atomic E-state index is 11.8. The Hall–Kier alpha value is -2.64. The van der Waals surface area contributed by atoms with Crippen molar-refractivity contribution in [3.8, 4) is 0 Å². The molecule has 0 aliphatic heterocycles. The molecule has 2 amide bonds. The quantitative estimate of drug-likeness (QED) is 0.500. The molecule has 0 saturated heterocycles. The third kappa shape index (κ3) is 4.41. The Labute approximate surface area is 140 Å². The topological polar surface area (TPSA) is 101 Å². The molecule has 0 heterocycles. The van der Waals surface area contributed by atoms with Crippen molar-refractivity contribution in [2.45, 2.75) is 0 Å². The lowest BCUT2D eigenvalue weighted by Crippen LogP contribution is -2.29. The Morgan fingerprint density at radius 1 is 1.00 bits per heavy atom. The number of rotatable bonds is 3. The van der Waals surface area contributed by atoms with Gasteiger partial charge in [0, 0.05) is 22.8 Å². The van der Waals surface area contributed by atoms with Crippen molar-refractivity contribution in [3.05, 3.63) is 62.6 Å². The molecule has 0 bridgehead atoms. The minimum absolute atomic E-state index is 0.122. The Morgan fingerprint density at radius 2 is 1.70 bits per heavy atom. The number of carbonyl (C=O) groups is 2. The van der Waals surface area contributed by atoms with E-state index in [4.69, 9.17) is 23.2 Å². The van der Waals surface area contributed by atoms with E-state index >= 15 is 0 Å². The van der Waals surface area contributed by atoms with Gasteiger partial charge in [-0.15, -0.1) is 0 Å². The van der Waals surface area contributed by atoms with Gasteiger partial charge in [-0.3, -0.25) is 19.7 Å². The van der Waals surface area contributed by atoms with Crippen LogP contribution in [0, 0.1) is 10.1 Å². The van der Waals surface area contributed by atoms with Gasteiger partial charge in [0.1, 0.15) is 0 Å². The number of nitrogens with one attached hydrogen (secondary N) is 2. The maximum atomic E-state index is 11.8. The summed E-state index contributed by atoms with van der Waals surface area (Å²) in [6.45, 7) is 0. The largest absolute Gasteiger partial charge is 0.318 e. The number of non-ortho nitro benzene ring substituents is 1. The number of amides is 2. The Kier molecular flexibility index (Phi) is 5.15. The zero-order valence-electron chi connectivity index (χ0n) is 11.4. The van der Waals surface area contributed by atoms with Gasteiger partial charge in [-0.05, 0) is 24.3 Å². The first-order valence-electron chi connectivity index (χ1n) is 6.18. The SMILES string of the molecule is O=C(Nc1cccc([N+](=O)[O-])c1)C(=O)Nc1cc(Cl)ccc1Cl. The molecule has 2 aromatic carbocycles. The minimum Gasteiger partial charge on any atom is -0.318 e. The number of hydrogen-bond donors (Lipinski definition) is 2. The van der Waals surface area contributed by atoms with Crippen molar-refractivity contribution < 1.29 is 14.5 Å². The van der Waals surface area contributed by atoms with Crippen LogP contribution in [0.1, 0.15) is 0 Å². The molecule has 2 rings (SSSR count). The first-order valence-corrected chi connectivity index (χ1v) is 6.94. The molecule has 0 fully saturated rings. The van der Waals surface area contributed by atoms with Crippen molar-refractivity contribution in [2.24, 2.45) is 0 Å². The number of benzene rings is 2. The summed E-state index contributed by atoms with van der Waals surface area (Å²) in [7, 11) is 0. The van der Waals surface area contributed by atoms with E-state index in [1.165, 1.54) is 36.4 Å². The summed E-state index contributed by atoms with van der Waals surface area (Å²) < 4.78 is 0. The lowest BCUT2D eigenvalue weighted by atomic mass is 10.2. The lowest BCUT2D eigenvalue weighted by molar-refractivity contribution is -0.384. The van der Waals surface area contributed by atoms with E-state index in [9.17, 15) is 19.7 Å². The van der Waals surface area contributed by atoms with Gasteiger partial charge in [0.05, 0.1) is 15.6 Å². The third-order valence-electron chi connectivity index (χ3n) is 2.70. The fourth-order valence-electron chi connectivity index (χ4n) is 1.66. The number of hydrogen-bond acceptors (Lipinski definition) is 4. The standard InChI is InChI=1S/C14H9Cl2N3O4/c15-8-4-5-11(16)12(6-8)18-14(21)13(20)17-9-2-1-3-10(7-9)19(22)23/h1-7H,(H,17,20)(H,18,21). The van der Waals surface area contributed by atoms with E-state index in [1.54, 1.807) is 0 Å². The van der Waals surface area contributed by atoms with Crippen LogP contribution in [0.25, 0.3) is 0 Å². The molecule has 2 aromatic rings. The zero-order valence-corrected chi connectivity index (χ0v) is 12.9. The Morgan fingerprint density at radius 3 is 2.39 bits per heavy atom. The number of nitro benzene ring substituents is 1. The molecule has 9 heteroatoms. The highest BCUT2D eigenvalue weighted by molar-refractivity contribution is 6.45. The fraction of sp³-hybridized carbons (Fsp3) is 0. The smallest absolute Gasteiger partial charge is 0.314 e. The van der Waals surface area contributed by atoms with Gasteiger partial charge in [-0.25, -0.2) is 0 Å². The van der Waals surface area contributed by atoms with Gasteiger partial charge in [0.15, 0.2) is 0 Å². The summed E-state index contributed by atoms with van der Waals surface area (Å²) in [6.07, 6.45) is 0. The predicted molar refractivity (Wildman–Crippen MR) is 86.8 cm³/mol. The molecule has 0 spiro atoms. The van der Waals surface area contributed by atoms with Crippen LogP contribution < -0.4 is 10.6 Å². The molecule has 2 N–H and O–H groups in total. The second-order valence-corrected chi connectivity index (χ2v) is 5.18. The molecular formula is C14H9Cl2N3O4. The number of nitrogens with zero attached hydrogens (tertiary/aromatic N) is 1. The summed E-state index contributed by atoms with van der Waals surface area (Å²) in [5, 5.41) is 15.8. The van der Waals surface area contributed by atoms with E-state index < -0.39 is 16.7 Å². The zero-order chi connectivity index (χ0) is 17.0. The minimum atomic E-state index is -0.999. The molecule has 0 aromatic heterocycles. The van der Waals surface area contributed by atoms with Gasteiger partial charge in [-0.1, -0.05) is 29.3 Å². The van der Waals surface area contributed by atoms with E-state index in [0.717, 1.165) is 6.07 Å². The first-order chi connectivity index (χ1) is 10.9. The van der Waals surface area contributed by atoms with Crippen molar-refractivity contribution in [2.75, 3.05) is 10.6 Å². The summed E-state index contributed by atoms with van der Waals surface area (Å²) in [5.74, 6) is -1.98. The van der Waals surface area contributed by atoms with E-state index in [2.05, 4.69) is 10.6 Å². The monoisotopic (exact) mass is 353 g/mol. The van der Waals surface area contributed by atoms with Gasteiger partial charge in [-0.2, -0.15) is 0 Å².